The van der Waals surface area contributed by atoms with Crippen LogP contribution in [0.1, 0.15) is 26.7 Å². The zero-order valence-electron chi connectivity index (χ0n) is 8.40. The lowest BCUT2D eigenvalue weighted by Gasteiger charge is -2.07. The summed E-state index contributed by atoms with van der Waals surface area (Å²) in [6.07, 6.45) is 2.90. The molecule has 0 saturated heterocycles. The van der Waals surface area contributed by atoms with Gasteiger partial charge in [-0.15, -0.1) is 0 Å². The van der Waals surface area contributed by atoms with Crippen molar-refractivity contribution in [2.45, 2.75) is 26.7 Å². The average molecular weight is 170 g/mol. The van der Waals surface area contributed by atoms with Crippen molar-refractivity contribution in [2.24, 2.45) is 11.8 Å². The van der Waals surface area contributed by atoms with E-state index in [1.807, 2.05) is 0 Å². The van der Waals surface area contributed by atoms with Crippen LogP contribution >= 0.6 is 0 Å². The topological polar surface area (TPSA) is 24.1 Å². The summed E-state index contributed by atoms with van der Waals surface area (Å²) in [5, 5.41) is 6.88. The van der Waals surface area contributed by atoms with Crippen molar-refractivity contribution in [1.29, 1.82) is 0 Å². The van der Waals surface area contributed by atoms with E-state index in [2.05, 4.69) is 24.5 Å². The molecule has 0 aromatic rings. The zero-order valence-corrected chi connectivity index (χ0v) is 8.40. The molecular weight excluding hydrogens is 148 g/mol. The summed E-state index contributed by atoms with van der Waals surface area (Å²) in [6.45, 7) is 9.11. The van der Waals surface area contributed by atoms with E-state index in [0.717, 1.165) is 31.5 Å². The lowest BCUT2D eigenvalue weighted by Crippen LogP contribution is -2.30. The Labute approximate surface area is 76.1 Å². The minimum absolute atomic E-state index is 0.772. The van der Waals surface area contributed by atoms with Crippen molar-refractivity contribution >= 4 is 0 Å². The van der Waals surface area contributed by atoms with Crippen molar-refractivity contribution in [3.05, 3.63) is 0 Å². The van der Waals surface area contributed by atoms with Crippen LogP contribution in [0.15, 0.2) is 0 Å². The molecule has 0 aromatic carbocycles. The van der Waals surface area contributed by atoms with Crippen LogP contribution in [0.5, 0.6) is 0 Å². The Balaban J connectivity index is 1.70. The Morgan fingerprint density at radius 2 is 1.83 bits per heavy atom. The lowest BCUT2D eigenvalue weighted by atomic mass is 10.2. The van der Waals surface area contributed by atoms with Gasteiger partial charge < -0.3 is 10.6 Å². The SMILES string of the molecule is CC(C)CNCCNCC1CC1. The molecule has 2 nitrogen and oxygen atoms in total. The predicted octanol–water partition coefficient (Wildman–Crippen LogP) is 1.23. The van der Waals surface area contributed by atoms with E-state index in [4.69, 9.17) is 0 Å². The molecule has 0 amide bonds. The molecule has 1 saturated carbocycles. The molecule has 0 atom stereocenters. The maximum Gasteiger partial charge on any atom is 0.00768 e. The van der Waals surface area contributed by atoms with Gasteiger partial charge in [-0.2, -0.15) is 0 Å². The molecule has 12 heavy (non-hydrogen) atoms. The number of hydrogen-bond acceptors (Lipinski definition) is 2. The van der Waals surface area contributed by atoms with Gasteiger partial charge >= 0.3 is 0 Å². The van der Waals surface area contributed by atoms with E-state index >= 15 is 0 Å². The highest BCUT2D eigenvalue weighted by Crippen LogP contribution is 2.27. The summed E-state index contributed by atoms with van der Waals surface area (Å²) in [5.74, 6) is 1.78. The quantitative estimate of drug-likeness (QED) is 0.562. The Kier molecular flexibility index (Phi) is 4.62. The van der Waals surface area contributed by atoms with Crippen molar-refractivity contribution in [1.82, 2.24) is 10.6 Å². The first-order valence-electron chi connectivity index (χ1n) is 5.20. The minimum atomic E-state index is 0.772. The molecule has 0 aromatic heterocycles. The first kappa shape index (κ1) is 10.0. The van der Waals surface area contributed by atoms with Crippen LogP contribution in [-0.2, 0) is 0 Å². The second kappa shape index (κ2) is 5.55. The number of rotatable bonds is 7. The van der Waals surface area contributed by atoms with E-state index in [-0.39, 0.29) is 0 Å². The summed E-state index contributed by atoms with van der Waals surface area (Å²) in [5.41, 5.74) is 0. The highest BCUT2D eigenvalue weighted by Gasteiger charge is 2.19. The van der Waals surface area contributed by atoms with E-state index < -0.39 is 0 Å². The van der Waals surface area contributed by atoms with Gasteiger partial charge in [0.25, 0.3) is 0 Å². The molecule has 0 radical (unpaired) electrons. The summed E-state index contributed by atoms with van der Waals surface area (Å²) >= 11 is 0. The second-order valence-electron chi connectivity index (χ2n) is 4.25. The van der Waals surface area contributed by atoms with Gasteiger partial charge in [0.2, 0.25) is 0 Å². The predicted molar refractivity (Wildman–Crippen MR) is 53.3 cm³/mol. The molecule has 0 heterocycles. The van der Waals surface area contributed by atoms with Crippen LogP contribution in [0.2, 0.25) is 0 Å². The van der Waals surface area contributed by atoms with Crippen LogP contribution in [0, 0.1) is 11.8 Å². The fourth-order valence-corrected chi connectivity index (χ4v) is 1.20. The lowest BCUT2D eigenvalue weighted by molar-refractivity contribution is 0.530. The highest BCUT2D eigenvalue weighted by atomic mass is 14.9. The largest absolute Gasteiger partial charge is 0.315 e. The first-order chi connectivity index (χ1) is 5.79. The van der Waals surface area contributed by atoms with Gasteiger partial charge in [-0.25, -0.2) is 0 Å². The maximum absolute atomic E-state index is 3.46. The standard InChI is InChI=1S/C10H22N2/c1-9(2)7-11-5-6-12-8-10-3-4-10/h9-12H,3-8H2,1-2H3. The molecule has 1 fully saturated rings. The van der Waals surface area contributed by atoms with Crippen LogP contribution in [0.4, 0.5) is 0 Å². The summed E-state index contributed by atoms with van der Waals surface area (Å²) in [7, 11) is 0. The highest BCUT2D eigenvalue weighted by molar-refractivity contribution is 4.75. The van der Waals surface area contributed by atoms with Crippen molar-refractivity contribution in [3.63, 3.8) is 0 Å². The van der Waals surface area contributed by atoms with Gasteiger partial charge in [0.15, 0.2) is 0 Å². The Bertz CT molecular complexity index is 102. The maximum atomic E-state index is 3.46. The van der Waals surface area contributed by atoms with E-state index in [1.54, 1.807) is 0 Å². The average Bonchev–Trinajstić information content (AvgIpc) is 2.79. The molecule has 2 heteroatoms. The Morgan fingerprint density at radius 3 is 2.42 bits per heavy atom. The molecule has 1 rings (SSSR count). The fourth-order valence-electron chi connectivity index (χ4n) is 1.20. The third-order valence-corrected chi connectivity index (χ3v) is 2.16. The molecule has 1 aliphatic rings. The molecule has 0 unspecified atom stereocenters. The first-order valence-corrected chi connectivity index (χ1v) is 5.20. The molecule has 2 N–H and O–H groups in total. The monoisotopic (exact) mass is 170 g/mol. The van der Waals surface area contributed by atoms with E-state index in [0.29, 0.717) is 0 Å². The van der Waals surface area contributed by atoms with Crippen LogP contribution in [0.3, 0.4) is 0 Å². The van der Waals surface area contributed by atoms with Gasteiger partial charge in [-0.05, 0) is 37.8 Å². The summed E-state index contributed by atoms with van der Waals surface area (Å²) in [4.78, 5) is 0. The molecule has 1 aliphatic carbocycles. The van der Waals surface area contributed by atoms with Gasteiger partial charge in [0.05, 0.1) is 0 Å². The van der Waals surface area contributed by atoms with Crippen molar-refractivity contribution < 1.29 is 0 Å². The number of nitrogens with one attached hydrogen (secondary N) is 2. The van der Waals surface area contributed by atoms with E-state index in [1.165, 1.54) is 19.4 Å². The smallest absolute Gasteiger partial charge is 0.00768 e. The zero-order chi connectivity index (χ0) is 8.81. The molecule has 0 bridgehead atoms. The van der Waals surface area contributed by atoms with Crippen molar-refractivity contribution in [3.8, 4) is 0 Å². The Hall–Kier alpha value is -0.0800. The Morgan fingerprint density at radius 1 is 1.17 bits per heavy atom. The summed E-state index contributed by atoms with van der Waals surface area (Å²) < 4.78 is 0. The van der Waals surface area contributed by atoms with Crippen LogP contribution in [0.25, 0.3) is 0 Å². The van der Waals surface area contributed by atoms with Gasteiger partial charge in [-0.1, -0.05) is 13.8 Å². The van der Waals surface area contributed by atoms with Crippen LogP contribution in [-0.4, -0.2) is 26.2 Å². The van der Waals surface area contributed by atoms with Gasteiger partial charge in [0.1, 0.15) is 0 Å². The minimum Gasteiger partial charge on any atom is -0.315 e. The molecule has 0 spiro atoms. The third kappa shape index (κ3) is 5.56. The number of hydrogen-bond donors (Lipinski definition) is 2. The van der Waals surface area contributed by atoms with Gasteiger partial charge in [0, 0.05) is 13.1 Å². The second-order valence-corrected chi connectivity index (χ2v) is 4.25. The van der Waals surface area contributed by atoms with Crippen LogP contribution < -0.4 is 10.6 Å². The third-order valence-electron chi connectivity index (χ3n) is 2.16. The molecule has 72 valence electrons. The fraction of sp³-hybridized carbons (Fsp3) is 1.00. The van der Waals surface area contributed by atoms with E-state index in [9.17, 15) is 0 Å². The molecular formula is C10H22N2. The molecule has 0 aliphatic heterocycles. The normalized spacial score (nSPS) is 17.2. The van der Waals surface area contributed by atoms with Crippen molar-refractivity contribution in [2.75, 3.05) is 26.2 Å². The van der Waals surface area contributed by atoms with Gasteiger partial charge in [-0.3, -0.25) is 0 Å². The summed E-state index contributed by atoms with van der Waals surface area (Å²) in [6, 6.07) is 0.